The van der Waals surface area contributed by atoms with Crippen molar-refractivity contribution in [2.24, 2.45) is 11.8 Å². The zero-order chi connectivity index (χ0) is 17.0. The summed E-state index contributed by atoms with van der Waals surface area (Å²) in [6.07, 6.45) is 15.3. The van der Waals surface area contributed by atoms with E-state index in [1.54, 1.807) is 5.92 Å². The molecule has 0 fully saturated rings. The minimum atomic E-state index is 0.862. The fraction of sp³-hybridized carbons (Fsp3) is 0.773. The van der Waals surface area contributed by atoms with Gasteiger partial charge in [0.1, 0.15) is 0 Å². The van der Waals surface area contributed by atoms with Crippen LogP contribution in [0.15, 0.2) is 23.3 Å². The molecule has 0 heteroatoms. The van der Waals surface area contributed by atoms with Crippen molar-refractivity contribution in [3.63, 3.8) is 0 Å². The Kier molecular flexibility index (Phi) is 12.7. The first-order valence-corrected chi connectivity index (χ1v) is 9.39. The predicted octanol–water partition coefficient (Wildman–Crippen LogP) is 7.91. The van der Waals surface area contributed by atoms with Gasteiger partial charge in [0, 0.05) is 0 Å². The fourth-order valence-electron chi connectivity index (χ4n) is 2.71. The molecule has 1 radical (unpaired) electrons. The van der Waals surface area contributed by atoms with Gasteiger partial charge in [-0.2, -0.15) is 0 Å². The van der Waals surface area contributed by atoms with Gasteiger partial charge in [-0.3, -0.25) is 0 Å². The summed E-state index contributed by atoms with van der Waals surface area (Å²) in [5, 5.41) is 0. The Bertz CT molecular complexity index is 281. The molecule has 0 rings (SSSR count). The summed E-state index contributed by atoms with van der Waals surface area (Å²) >= 11 is 0. The third-order valence-corrected chi connectivity index (χ3v) is 4.55. The van der Waals surface area contributed by atoms with Gasteiger partial charge in [0.25, 0.3) is 0 Å². The third-order valence-electron chi connectivity index (χ3n) is 4.55. The molecule has 0 saturated heterocycles. The molecule has 0 N–H and O–H groups in total. The normalized spacial score (nSPS) is 13.8. The van der Waals surface area contributed by atoms with E-state index in [9.17, 15) is 0 Å². The summed E-state index contributed by atoms with van der Waals surface area (Å²) in [6, 6.07) is 0. The Balaban J connectivity index is 3.69. The lowest BCUT2D eigenvalue weighted by Gasteiger charge is -2.17. The number of hydrogen-bond donors (Lipinski definition) is 0. The second kappa shape index (κ2) is 13.0. The van der Waals surface area contributed by atoms with Crippen LogP contribution in [0.3, 0.4) is 0 Å². The average molecular weight is 306 g/mol. The quantitative estimate of drug-likeness (QED) is 0.321. The lowest BCUT2D eigenvalue weighted by Crippen LogP contribution is -2.02. The van der Waals surface area contributed by atoms with Crippen LogP contribution < -0.4 is 0 Å². The van der Waals surface area contributed by atoms with Crippen molar-refractivity contribution in [3.05, 3.63) is 29.2 Å². The monoisotopic (exact) mass is 305 g/mol. The SMILES string of the molecule is C[C](CCC(C)CCC=C(C)C)CCC(C)CCC=C(C)C. The highest BCUT2D eigenvalue weighted by Crippen LogP contribution is 2.24. The van der Waals surface area contributed by atoms with Gasteiger partial charge in [0.2, 0.25) is 0 Å². The molecule has 2 unspecified atom stereocenters. The Labute approximate surface area is 141 Å². The van der Waals surface area contributed by atoms with Gasteiger partial charge in [0.15, 0.2) is 0 Å². The van der Waals surface area contributed by atoms with Crippen LogP contribution in [0.4, 0.5) is 0 Å². The van der Waals surface area contributed by atoms with E-state index in [1.807, 2.05) is 0 Å². The molecule has 2 atom stereocenters. The second-order valence-electron chi connectivity index (χ2n) is 7.96. The highest BCUT2D eigenvalue weighted by Gasteiger charge is 2.09. The van der Waals surface area contributed by atoms with Crippen LogP contribution in [0.2, 0.25) is 0 Å². The van der Waals surface area contributed by atoms with Crippen molar-refractivity contribution in [2.45, 2.75) is 99.8 Å². The zero-order valence-corrected chi connectivity index (χ0v) is 16.5. The first-order valence-electron chi connectivity index (χ1n) is 9.39. The molecule has 0 amide bonds. The van der Waals surface area contributed by atoms with Gasteiger partial charge >= 0.3 is 0 Å². The molecule has 0 aromatic rings. The van der Waals surface area contributed by atoms with Crippen LogP contribution in [0, 0.1) is 17.8 Å². The largest absolute Gasteiger partial charge is 0.0859 e. The smallest absolute Gasteiger partial charge is 0.0272 e. The molecule has 22 heavy (non-hydrogen) atoms. The summed E-state index contributed by atoms with van der Waals surface area (Å²) in [6.45, 7) is 16.0. The molecule has 0 nitrogen and oxygen atoms in total. The van der Waals surface area contributed by atoms with E-state index in [0.29, 0.717) is 0 Å². The molecule has 0 aromatic heterocycles. The van der Waals surface area contributed by atoms with Crippen molar-refractivity contribution in [1.82, 2.24) is 0 Å². The van der Waals surface area contributed by atoms with Crippen molar-refractivity contribution in [2.75, 3.05) is 0 Å². The molecular formula is C22H41. The standard InChI is InChI=1S/C22H41/c1-18(2)10-8-12-20(5)14-16-22(7)17-15-21(6)13-9-11-19(3)4/h10-11,20-21H,8-9,12-17H2,1-7H3. The molecule has 0 bridgehead atoms. The van der Waals surface area contributed by atoms with Crippen LogP contribution in [0.1, 0.15) is 99.8 Å². The molecular weight excluding hydrogens is 264 g/mol. The van der Waals surface area contributed by atoms with Gasteiger partial charge in [0.05, 0.1) is 0 Å². The first kappa shape index (κ1) is 21.5. The highest BCUT2D eigenvalue weighted by atomic mass is 14.1. The Morgan fingerprint density at radius 2 is 1.00 bits per heavy atom. The van der Waals surface area contributed by atoms with E-state index in [4.69, 9.17) is 0 Å². The predicted molar refractivity (Wildman–Crippen MR) is 103 cm³/mol. The summed E-state index contributed by atoms with van der Waals surface area (Å²) in [5.74, 6) is 3.43. The van der Waals surface area contributed by atoms with Crippen molar-refractivity contribution in [1.29, 1.82) is 0 Å². The van der Waals surface area contributed by atoms with Crippen LogP contribution in [0.5, 0.6) is 0 Å². The summed E-state index contributed by atoms with van der Waals surface area (Å²) in [4.78, 5) is 0. The second-order valence-corrected chi connectivity index (χ2v) is 7.96. The molecule has 0 spiro atoms. The lowest BCUT2D eigenvalue weighted by molar-refractivity contribution is 0.447. The van der Waals surface area contributed by atoms with Gasteiger partial charge in [-0.05, 0) is 84.0 Å². The van der Waals surface area contributed by atoms with Gasteiger partial charge < -0.3 is 0 Å². The minimum absolute atomic E-state index is 0.862. The third kappa shape index (κ3) is 14.4. The van der Waals surface area contributed by atoms with Crippen LogP contribution in [0.25, 0.3) is 0 Å². The topological polar surface area (TPSA) is 0 Å². The van der Waals surface area contributed by atoms with Gasteiger partial charge in [-0.25, -0.2) is 0 Å². The molecule has 0 heterocycles. The molecule has 0 aliphatic rings. The summed E-state index contributed by atoms with van der Waals surface area (Å²) in [7, 11) is 0. The Hall–Kier alpha value is -0.520. The maximum absolute atomic E-state index is 2.41. The minimum Gasteiger partial charge on any atom is -0.0859 e. The van der Waals surface area contributed by atoms with Crippen molar-refractivity contribution in [3.8, 4) is 0 Å². The number of hydrogen-bond acceptors (Lipinski definition) is 0. The van der Waals surface area contributed by atoms with Gasteiger partial charge in [-0.15, -0.1) is 0 Å². The van der Waals surface area contributed by atoms with E-state index >= 15 is 0 Å². The number of rotatable bonds is 12. The van der Waals surface area contributed by atoms with E-state index < -0.39 is 0 Å². The Morgan fingerprint density at radius 1 is 0.636 bits per heavy atom. The maximum atomic E-state index is 2.41. The molecule has 0 aromatic carbocycles. The van der Waals surface area contributed by atoms with Crippen LogP contribution in [-0.2, 0) is 0 Å². The molecule has 0 saturated carbocycles. The van der Waals surface area contributed by atoms with Gasteiger partial charge in [-0.1, -0.05) is 56.9 Å². The van der Waals surface area contributed by atoms with E-state index in [0.717, 1.165) is 11.8 Å². The van der Waals surface area contributed by atoms with E-state index in [-0.39, 0.29) is 0 Å². The molecule has 0 aliphatic carbocycles. The maximum Gasteiger partial charge on any atom is -0.0272 e. The van der Waals surface area contributed by atoms with Crippen molar-refractivity contribution >= 4 is 0 Å². The first-order chi connectivity index (χ1) is 10.3. The number of allylic oxidation sites excluding steroid dienone is 4. The fourth-order valence-corrected chi connectivity index (χ4v) is 2.71. The molecule has 129 valence electrons. The average Bonchev–Trinajstić information content (AvgIpc) is 2.42. The van der Waals surface area contributed by atoms with Crippen LogP contribution >= 0.6 is 0 Å². The molecule has 0 aliphatic heterocycles. The van der Waals surface area contributed by atoms with E-state index in [2.05, 4.69) is 60.6 Å². The van der Waals surface area contributed by atoms with Crippen molar-refractivity contribution < 1.29 is 0 Å². The lowest BCUT2D eigenvalue weighted by atomic mass is 9.89. The Morgan fingerprint density at radius 3 is 1.32 bits per heavy atom. The van der Waals surface area contributed by atoms with E-state index in [1.165, 1.54) is 62.5 Å². The highest BCUT2D eigenvalue weighted by molar-refractivity contribution is 4.94. The zero-order valence-electron chi connectivity index (χ0n) is 16.5. The van der Waals surface area contributed by atoms with Crippen LogP contribution in [-0.4, -0.2) is 0 Å². The summed E-state index contributed by atoms with van der Waals surface area (Å²) in [5.41, 5.74) is 2.91. The summed E-state index contributed by atoms with van der Waals surface area (Å²) < 4.78 is 0.